The number of nitrogens with zero attached hydrogens (tertiary/aromatic N) is 2. The zero-order valence-corrected chi connectivity index (χ0v) is 7.25. The van der Waals surface area contributed by atoms with Crippen molar-refractivity contribution in [2.24, 2.45) is 0 Å². The van der Waals surface area contributed by atoms with Crippen molar-refractivity contribution in [2.75, 3.05) is 0 Å². The number of rotatable bonds is 3. The van der Waals surface area contributed by atoms with E-state index < -0.39 is 0 Å². The van der Waals surface area contributed by atoms with E-state index in [-0.39, 0.29) is 0 Å². The summed E-state index contributed by atoms with van der Waals surface area (Å²) in [5.41, 5.74) is 0. The Kier molecular flexibility index (Phi) is 2.47. The lowest BCUT2D eigenvalue weighted by Crippen LogP contribution is -2.34. The molecule has 60 valence electrons. The fourth-order valence-electron chi connectivity index (χ4n) is 1.21. The molecule has 0 fully saturated rings. The van der Waals surface area contributed by atoms with Crippen LogP contribution in [0.5, 0.6) is 0 Å². The standard InChI is InChI=1S/C9H15N2/c1-4-6-11-8-7-10(5-2)9(11)3/h4,7-8H,1,5-6H2,2-3H3/q+1. The minimum absolute atomic E-state index is 0.902. The molecule has 1 aromatic heterocycles. The van der Waals surface area contributed by atoms with Gasteiger partial charge in [-0.1, -0.05) is 12.7 Å². The van der Waals surface area contributed by atoms with Gasteiger partial charge in [0.1, 0.15) is 18.9 Å². The van der Waals surface area contributed by atoms with Crippen molar-refractivity contribution in [1.82, 2.24) is 4.57 Å². The topological polar surface area (TPSA) is 8.81 Å². The zero-order valence-electron chi connectivity index (χ0n) is 7.25. The van der Waals surface area contributed by atoms with Crippen LogP contribution in [0.25, 0.3) is 0 Å². The Bertz CT molecular complexity index is 248. The third-order valence-electron chi connectivity index (χ3n) is 1.92. The summed E-state index contributed by atoms with van der Waals surface area (Å²) in [4.78, 5) is 0. The number of allylic oxidation sites excluding steroid dienone is 1. The second-order valence-electron chi connectivity index (χ2n) is 2.57. The molecule has 0 aromatic carbocycles. The van der Waals surface area contributed by atoms with Crippen molar-refractivity contribution in [2.45, 2.75) is 26.9 Å². The molecule has 2 heteroatoms. The van der Waals surface area contributed by atoms with E-state index in [0.717, 1.165) is 13.1 Å². The molecule has 1 rings (SSSR count). The molecule has 0 saturated heterocycles. The molecular weight excluding hydrogens is 136 g/mol. The van der Waals surface area contributed by atoms with Crippen molar-refractivity contribution in [3.05, 3.63) is 30.9 Å². The molecule has 0 saturated carbocycles. The summed E-state index contributed by atoms with van der Waals surface area (Å²) in [5, 5.41) is 0. The van der Waals surface area contributed by atoms with Crippen LogP contribution < -0.4 is 4.57 Å². The monoisotopic (exact) mass is 151 g/mol. The molecule has 0 N–H and O–H groups in total. The van der Waals surface area contributed by atoms with Crippen LogP contribution in [0.1, 0.15) is 12.7 Å². The van der Waals surface area contributed by atoms with Crippen LogP contribution in [0.15, 0.2) is 25.0 Å². The number of hydrogen-bond donors (Lipinski definition) is 0. The summed E-state index contributed by atoms with van der Waals surface area (Å²) >= 11 is 0. The summed E-state index contributed by atoms with van der Waals surface area (Å²) in [5.74, 6) is 1.28. The van der Waals surface area contributed by atoms with Crippen LogP contribution in [0.3, 0.4) is 0 Å². The van der Waals surface area contributed by atoms with E-state index in [1.807, 2.05) is 6.08 Å². The van der Waals surface area contributed by atoms with Gasteiger partial charge in [0.25, 0.3) is 5.82 Å². The van der Waals surface area contributed by atoms with Gasteiger partial charge in [-0.2, -0.15) is 0 Å². The Hall–Kier alpha value is -1.05. The summed E-state index contributed by atoms with van der Waals surface area (Å²) in [6, 6.07) is 0. The molecule has 0 atom stereocenters. The van der Waals surface area contributed by atoms with Crippen LogP contribution in [-0.2, 0) is 13.1 Å². The molecule has 0 spiro atoms. The van der Waals surface area contributed by atoms with Crippen molar-refractivity contribution < 1.29 is 4.57 Å². The molecule has 0 bridgehead atoms. The minimum Gasteiger partial charge on any atom is -0.235 e. The second kappa shape index (κ2) is 3.37. The molecule has 1 heterocycles. The molecule has 0 aliphatic carbocycles. The maximum absolute atomic E-state index is 3.70. The lowest BCUT2D eigenvalue weighted by molar-refractivity contribution is -0.692. The van der Waals surface area contributed by atoms with E-state index >= 15 is 0 Å². The highest BCUT2D eigenvalue weighted by Crippen LogP contribution is 1.92. The van der Waals surface area contributed by atoms with Crippen LogP contribution >= 0.6 is 0 Å². The molecule has 0 amide bonds. The number of imidazole rings is 1. The van der Waals surface area contributed by atoms with Crippen molar-refractivity contribution in [3.8, 4) is 0 Å². The SMILES string of the molecule is C=CC[n+]1ccn(CC)c1C. The maximum atomic E-state index is 3.70. The molecule has 0 aliphatic heterocycles. The van der Waals surface area contributed by atoms with Gasteiger partial charge >= 0.3 is 0 Å². The molecular formula is C9H15N2+. The van der Waals surface area contributed by atoms with E-state index in [2.05, 4.69) is 42.0 Å². The Morgan fingerprint density at radius 1 is 1.73 bits per heavy atom. The molecule has 2 nitrogen and oxygen atoms in total. The molecule has 1 aromatic rings. The summed E-state index contributed by atoms with van der Waals surface area (Å²) < 4.78 is 4.39. The lowest BCUT2D eigenvalue weighted by Gasteiger charge is -1.94. The molecule has 0 unspecified atom stereocenters. The van der Waals surface area contributed by atoms with Crippen LogP contribution in [0, 0.1) is 6.92 Å². The highest BCUT2D eigenvalue weighted by molar-refractivity contribution is 4.79. The molecule has 0 radical (unpaired) electrons. The highest BCUT2D eigenvalue weighted by atomic mass is 15.1. The van der Waals surface area contributed by atoms with Crippen LogP contribution in [0.2, 0.25) is 0 Å². The van der Waals surface area contributed by atoms with Crippen molar-refractivity contribution >= 4 is 0 Å². The highest BCUT2D eigenvalue weighted by Gasteiger charge is 2.07. The fraction of sp³-hybridized carbons (Fsp3) is 0.444. The van der Waals surface area contributed by atoms with Gasteiger partial charge in [-0.3, -0.25) is 0 Å². The second-order valence-corrected chi connectivity index (χ2v) is 2.57. The third-order valence-corrected chi connectivity index (χ3v) is 1.92. The van der Waals surface area contributed by atoms with E-state index in [1.54, 1.807) is 0 Å². The lowest BCUT2D eigenvalue weighted by atomic mass is 10.5. The average molecular weight is 151 g/mol. The van der Waals surface area contributed by atoms with E-state index in [0.29, 0.717) is 0 Å². The Labute approximate surface area is 67.8 Å². The summed E-state index contributed by atoms with van der Waals surface area (Å²) in [6.45, 7) is 9.90. The zero-order chi connectivity index (χ0) is 8.27. The average Bonchev–Trinajstić information content (AvgIpc) is 2.34. The molecule has 11 heavy (non-hydrogen) atoms. The normalized spacial score (nSPS) is 10.0. The number of aryl methyl sites for hydroxylation is 1. The first-order valence-electron chi connectivity index (χ1n) is 3.95. The van der Waals surface area contributed by atoms with Gasteiger partial charge in [0.15, 0.2) is 0 Å². The smallest absolute Gasteiger partial charge is 0.235 e. The fourth-order valence-corrected chi connectivity index (χ4v) is 1.21. The first kappa shape index (κ1) is 8.05. The van der Waals surface area contributed by atoms with Gasteiger partial charge in [0, 0.05) is 6.92 Å². The van der Waals surface area contributed by atoms with Crippen molar-refractivity contribution in [1.29, 1.82) is 0 Å². The first-order chi connectivity index (χ1) is 5.29. The van der Waals surface area contributed by atoms with Gasteiger partial charge < -0.3 is 0 Å². The van der Waals surface area contributed by atoms with E-state index in [9.17, 15) is 0 Å². The minimum atomic E-state index is 0.902. The van der Waals surface area contributed by atoms with Gasteiger partial charge in [0.2, 0.25) is 0 Å². The summed E-state index contributed by atoms with van der Waals surface area (Å²) in [7, 11) is 0. The van der Waals surface area contributed by atoms with Gasteiger partial charge in [0.05, 0.1) is 6.54 Å². The Morgan fingerprint density at radius 2 is 2.45 bits per heavy atom. The van der Waals surface area contributed by atoms with Crippen LogP contribution in [0.4, 0.5) is 0 Å². The largest absolute Gasteiger partial charge is 0.253 e. The van der Waals surface area contributed by atoms with Crippen molar-refractivity contribution in [3.63, 3.8) is 0 Å². The number of hydrogen-bond acceptors (Lipinski definition) is 0. The van der Waals surface area contributed by atoms with E-state index in [4.69, 9.17) is 0 Å². The Balaban J connectivity index is 2.90. The van der Waals surface area contributed by atoms with E-state index in [1.165, 1.54) is 5.82 Å². The molecule has 0 aliphatic rings. The van der Waals surface area contributed by atoms with Gasteiger partial charge in [-0.05, 0) is 6.92 Å². The predicted molar refractivity (Wildman–Crippen MR) is 45.2 cm³/mol. The quantitative estimate of drug-likeness (QED) is 0.454. The third kappa shape index (κ3) is 1.50. The number of aromatic nitrogens is 2. The maximum Gasteiger partial charge on any atom is 0.253 e. The summed E-state index contributed by atoms with van der Waals surface area (Å²) in [6.07, 6.45) is 6.09. The van der Waals surface area contributed by atoms with Crippen LogP contribution in [-0.4, -0.2) is 4.57 Å². The Morgan fingerprint density at radius 3 is 2.91 bits per heavy atom. The first-order valence-corrected chi connectivity index (χ1v) is 3.95. The van der Waals surface area contributed by atoms with Gasteiger partial charge in [-0.25, -0.2) is 9.13 Å². The predicted octanol–water partition coefficient (Wildman–Crippen LogP) is 1.29. The van der Waals surface area contributed by atoms with Gasteiger partial charge in [-0.15, -0.1) is 0 Å².